The van der Waals surface area contributed by atoms with Gasteiger partial charge in [-0.25, -0.2) is 4.79 Å². The van der Waals surface area contributed by atoms with Crippen LogP contribution in [0.15, 0.2) is 23.2 Å². The van der Waals surface area contributed by atoms with Gasteiger partial charge in [0.15, 0.2) is 0 Å². The summed E-state index contributed by atoms with van der Waals surface area (Å²) < 4.78 is 17.6. The maximum Gasteiger partial charge on any atom is 0.407 e. The Morgan fingerprint density at radius 2 is 1.82 bits per heavy atom. The minimum atomic E-state index is -0.499. The number of hydrogen-bond acceptors (Lipinski definition) is 5. The molecular weight excluding hydrogens is 418 g/mol. The number of hydrogen-bond donors (Lipinski definition) is 2. The van der Waals surface area contributed by atoms with Crippen molar-refractivity contribution >= 4 is 11.9 Å². The number of fused-ring (bicyclic) bond motifs is 1. The van der Waals surface area contributed by atoms with E-state index in [1.165, 1.54) is 0 Å². The lowest BCUT2D eigenvalue weighted by Crippen LogP contribution is -2.55. The van der Waals surface area contributed by atoms with Crippen LogP contribution in [0.3, 0.4) is 0 Å². The van der Waals surface area contributed by atoms with E-state index in [1.807, 2.05) is 32.9 Å². The highest BCUT2D eigenvalue weighted by Gasteiger charge is 2.47. The Morgan fingerprint density at radius 3 is 2.39 bits per heavy atom. The Hall–Kier alpha value is -2.28. The van der Waals surface area contributed by atoms with Gasteiger partial charge in [-0.15, -0.1) is 0 Å². The van der Waals surface area contributed by atoms with Crippen LogP contribution in [0.2, 0.25) is 0 Å². The molecule has 1 amide bonds. The van der Waals surface area contributed by atoms with Gasteiger partial charge in [0.1, 0.15) is 28.9 Å². The third-order valence-electron chi connectivity index (χ3n) is 6.98. The topological polar surface area (TPSA) is 95.2 Å². The zero-order valence-corrected chi connectivity index (χ0v) is 21.5. The number of aliphatic imine (C=N–C) groups is 1. The van der Waals surface area contributed by atoms with Gasteiger partial charge in [0.2, 0.25) is 0 Å². The lowest BCUT2D eigenvalue weighted by Gasteiger charge is -2.47. The normalized spacial score (nSPS) is 25.2. The summed E-state index contributed by atoms with van der Waals surface area (Å²) in [7, 11) is 1.76. The summed E-state index contributed by atoms with van der Waals surface area (Å²) in [4.78, 5) is 16.6. The van der Waals surface area contributed by atoms with Crippen molar-refractivity contribution in [1.29, 1.82) is 0 Å². The number of ether oxygens (including phenoxy) is 3. The van der Waals surface area contributed by atoms with Crippen LogP contribution in [0.5, 0.6) is 5.75 Å². The number of amidine groups is 1. The predicted molar refractivity (Wildman–Crippen MR) is 131 cm³/mol. The third-order valence-corrected chi connectivity index (χ3v) is 6.98. The maximum atomic E-state index is 11.9. The van der Waals surface area contributed by atoms with E-state index in [4.69, 9.17) is 19.9 Å². The average Bonchev–Trinajstić information content (AvgIpc) is 2.68. The summed E-state index contributed by atoms with van der Waals surface area (Å²) in [6.45, 7) is 14.2. The number of carbonyl (C=O) groups is 1. The molecule has 1 heterocycles. The quantitative estimate of drug-likeness (QED) is 0.496. The van der Waals surface area contributed by atoms with Crippen molar-refractivity contribution in [2.45, 2.75) is 104 Å². The number of nitrogens with one attached hydrogen (secondary N) is 1. The van der Waals surface area contributed by atoms with Crippen LogP contribution in [0.1, 0.15) is 78.9 Å². The monoisotopic (exact) mass is 459 g/mol. The van der Waals surface area contributed by atoms with Crippen molar-refractivity contribution in [3.8, 4) is 5.75 Å². The molecule has 7 nitrogen and oxygen atoms in total. The van der Waals surface area contributed by atoms with E-state index in [9.17, 15) is 4.79 Å². The van der Waals surface area contributed by atoms with Crippen molar-refractivity contribution in [3.05, 3.63) is 29.3 Å². The smallest absolute Gasteiger partial charge is 0.407 e. The number of aryl methyl sites for hydroxylation is 1. The second-order valence-corrected chi connectivity index (χ2v) is 11.5. The molecule has 1 aliphatic heterocycles. The van der Waals surface area contributed by atoms with Crippen LogP contribution in [0, 0.1) is 5.41 Å². The van der Waals surface area contributed by atoms with Crippen LogP contribution in [-0.2, 0) is 15.9 Å². The van der Waals surface area contributed by atoms with Crippen molar-refractivity contribution < 1.29 is 19.0 Å². The van der Waals surface area contributed by atoms with Crippen LogP contribution in [-0.4, -0.2) is 48.4 Å². The Labute approximate surface area is 198 Å². The largest absolute Gasteiger partial charge is 0.487 e. The van der Waals surface area contributed by atoms with E-state index in [0.717, 1.165) is 42.6 Å². The number of rotatable bonds is 5. The van der Waals surface area contributed by atoms with E-state index in [0.29, 0.717) is 5.84 Å². The number of benzene rings is 1. The van der Waals surface area contributed by atoms with E-state index in [2.05, 4.69) is 44.1 Å². The minimum Gasteiger partial charge on any atom is -0.487 e. The first-order valence-electron chi connectivity index (χ1n) is 11.9. The number of carbonyl (C=O) groups excluding carboxylic acids is 1. The maximum absolute atomic E-state index is 11.9. The van der Waals surface area contributed by atoms with Crippen LogP contribution in [0.4, 0.5) is 4.79 Å². The summed E-state index contributed by atoms with van der Waals surface area (Å²) >= 11 is 0. The number of nitrogens with zero attached hydrogens (tertiary/aromatic N) is 1. The molecule has 1 aromatic rings. The summed E-state index contributed by atoms with van der Waals surface area (Å²) in [6, 6.07) is 6.23. The Morgan fingerprint density at radius 1 is 1.15 bits per heavy atom. The number of nitrogens with two attached hydrogens (primary N) is 1. The molecule has 1 aromatic carbocycles. The Bertz CT molecular complexity index is 894. The van der Waals surface area contributed by atoms with E-state index < -0.39 is 11.2 Å². The molecule has 0 saturated heterocycles. The number of alkyl carbamates (subject to hydrolysis) is 1. The van der Waals surface area contributed by atoms with Crippen molar-refractivity contribution in [2.24, 2.45) is 16.1 Å². The summed E-state index contributed by atoms with van der Waals surface area (Å²) in [6.07, 6.45) is 2.91. The molecule has 3 rings (SSSR count). The van der Waals surface area contributed by atoms with Gasteiger partial charge in [0.05, 0.1) is 6.04 Å². The summed E-state index contributed by atoms with van der Waals surface area (Å²) in [5, 5.41) is 2.89. The number of amides is 1. The van der Waals surface area contributed by atoms with E-state index in [-0.39, 0.29) is 29.7 Å². The molecular formula is C26H41N3O4. The van der Waals surface area contributed by atoms with Gasteiger partial charge < -0.3 is 25.3 Å². The van der Waals surface area contributed by atoms with Crippen LogP contribution < -0.4 is 15.8 Å². The molecule has 2 aliphatic rings. The summed E-state index contributed by atoms with van der Waals surface area (Å²) in [5.74, 6) is 1.41. The lowest BCUT2D eigenvalue weighted by molar-refractivity contribution is -0.147. The molecule has 1 fully saturated rings. The second kappa shape index (κ2) is 9.16. The molecule has 0 bridgehead atoms. The molecule has 7 heteroatoms. The molecule has 2 atom stereocenters. The predicted octanol–water partition coefficient (Wildman–Crippen LogP) is 4.59. The van der Waals surface area contributed by atoms with Crippen molar-refractivity contribution in [3.63, 3.8) is 0 Å². The van der Waals surface area contributed by atoms with E-state index >= 15 is 0 Å². The molecule has 0 unspecified atom stereocenters. The highest BCUT2D eigenvalue weighted by molar-refractivity contribution is 5.98. The lowest BCUT2D eigenvalue weighted by atomic mass is 9.72. The Balaban J connectivity index is 1.60. The molecule has 3 N–H and O–H groups in total. The van der Waals surface area contributed by atoms with Crippen molar-refractivity contribution in [2.75, 3.05) is 7.11 Å². The second-order valence-electron chi connectivity index (χ2n) is 11.5. The van der Waals surface area contributed by atoms with Crippen LogP contribution in [0.25, 0.3) is 0 Å². The van der Waals surface area contributed by atoms with Crippen molar-refractivity contribution in [1.82, 2.24) is 5.32 Å². The zero-order valence-electron chi connectivity index (χ0n) is 21.5. The first-order chi connectivity index (χ1) is 15.2. The van der Waals surface area contributed by atoms with Gasteiger partial charge in [0.25, 0.3) is 0 Å². The first kappa shape index (κ1) is 25.3. The van der Waals surface area contributed by atoms with Gasteiger partial charge in [-0.05, 0) is 82.6 Å². The van der Waals surface area contributed by atoms with Gasteiger partial charge in [-0.1, -0.05) is 20.8 Å². The minimum absolute atomic E-state index is 0.0174. The van der Waals surface area contributed by atoms with Gasteiger partial charge in [-0.3, -0.25) is 4.99 Å². The standard InChI is InChI=1S/C26H41N3O4/c1-24(2,3)26(7,31-8)21-12-10-16-13-17(9-11-20(16)32-21)22(27)28-18-14-19(15-18)29-23(30)33-25(4,5)6/h9,11,13,18-19,21H,10,12,14-15H2,1-8H3,(H2,27,28)(H,29,30)/t18?,19?,21-,26+/m1/s1. The van der Waals surface area contributed by atoms with Gasteiger partial charge >= 0.3 is 6.09 Å². The van der Waals surface area contributed by atoms with Gasteiger partial charge in [-0.2, -0.15) is 0 Å². The fourth-order valence-corrected chi connectivity index (χ4v) is 4.41. The fourth-order valence-electron chi connectivity index (χ4n) is 4.41. The van der Waals surface area contributed by atoms with Crippen LogP contribution >= 0.6 is 0 Å². The fraction of sp³-hybridized carbons (Fsp3) is 0.692. The summed E-state index contributed by atoms with van der Waals surface area (Å²) in [5.41, 5.74) is 7.43. The highest BCUT2D eigenvalue weighted by Crippen LogP contribution is 2.42. The average molecular weight is 460 g/mol. The molecule has 33 heavy (non-hydrogen) atoms. The molecule has 0 radical (unpaired) electrons. The highest BCUT2D eigenvalue weighted by atomic mass is 16.6. The molecule has 1 saturated carbocycles. The molecule has 0 spiro atoms. The number of methoxy groups -OCH3 is 1. The first-order valence-corrected chi connectivity index (χ1v) is 11.9. The molecule has 184 valence electrons. The Kier molecular flexibility index (Phi) is 7.04. The van der Waals surface area contributed by atoms with E-state index in [1.54, 1.807) is 7.11 Å². The molecule has 0 aromatic heterocycles. The van der Waals surface area contributed by atoms with Gasteiger partial charge in [0, 0.05) is 18.7 Å². The SMILES string of the molecule is CO[C@@](C)([C@H]1CCc2cc(C(N)=NC3CC(NC(=O)OC(C)(C)C)C3)ccc2O1)C(C)(C)C. The zero-order chi connectivity index (χ0) is 24.6. The molecule has 1 aliphatic carbocycles. The third kappa shape index (κ3) is 5.81.